The van der Waals surface area contributed by atoms with E-state index >= 15 is 0 Å². The van der Waals surface area contributed by atoms with Crippen LogP contribution in [0.1, 0.15) is 60.8 Å². The maximum atomic E-state index is 12.4. The van der Waals surface area contributed by atoms with E-state index in [1.54, 1.807) is 19.9 Å². The molecule has 0 bridgehead atoms. The van der Waals surface area contributed by atoms with Gasteiger partial charge in [-0.3, -0.25) is 4.57 Å². The zero-order valence-electron chi connectivity index (χ0n) is 16.0. The molecule has 4 nitrogen and oxygen atoms in total. The first kappa shape index (κ1) is 21.4. The minimum absolute atomic E-state index is 0.107. The van der Waals surface area contributed by atoms with Crippen molar-refractivity contribution in [3.05, 3.63) is 34.7 Å². The fourth-order valence-corrected chi connectivity index (χ4v) is 4.44. The number of aliphatic hydroxyl groups excluding tert-OH is 1. The second-order valence-corrected chi connectivity index (χ2v) is 8.84. The van der Waals surface area contributed by atoms with Crippen molar-refractivity contribution in [2.75, 3.05) is 13.2 Å². The molecule has 1 rings (SSSR count). The van der Waals surface area contributed by atoms with E-state index in [2.05, 4.69) is 19.9 Å². The van der Waals surface area contributed by atoms with Crippen LogP contribution in [0.15, 0.2) is 34.7 Å². The van der Waals surface area contributed by atoms with Gasteiger partial charge in [-0.25, -0.2) is 0 Å². The van der Waals surface area contributed by atoms with Crippen molar-refractivity contribution < 1.29 is 18.7 Å². The van der Waals surface area contributed by atoms with Crippen LogP contribution in [0.4, 0.5) is 0 Å². The molecule has 138 valence electrons. The maximum absolute atomic E-state index is 12.4. The Bertz CT molecular complexity index is 548. The van der Waals surface area contributed by atoms with Crippen molar-refractivity contribution in [1.29, 1.82) is 0 Å². The summed E-state index contributed by atoms with van der Waals surface area (Å²) in [4.78, 5) is 0. The lowest BCUT2D eigenvalue weighted by Gasteiger charge is -2.36. The highest BCUT2D eigenvalue weighted by Crippen LogP contribution is 2.50. The van der Waals surface area contributed by atoms with Crippen LogP contribution >= 0.6 is 7.60 Å². The lowest BCUT2D eigenvalue weighted by atomic mass is 9.70. The molecular formula is C19H33O4P. The Hall–Kier alpha value is -0.670. The van der Waals surface area contributed by atoms with Gasteiger partial charge in [0.2, 0.25) is 0 Å². The van der Waals surface area contributed by atoms with E-state index in [0.29, 0.717) is 13.2 Å². The zero-order chi connectivity index (χ0) is 18.4. The maximum Gasteiger partial charge on any atom is 0.354 e. The van der Waals surface area contributed by atoms with E-state index in [1.807, 2.05) is 13.8 Å². The SMILES string of the molecule is CCOP(=O)(C=CC(C)=CCC1=C(C)C(O)CCC1(C)C)OCC. The van der Waals surface area contributed by atoms with Crippen molar-refractivity contribution >= 4 is 7.60 Å². The Morgan fingerprint density at radius 3 is 2.46 bits per heavy atom. The van der Waals surface area contributed by atoms with E-state index in [0.717, 1.165) is 30.4 Å². The van der Waals surface area contributed by atoms with Crippen LogP contribution in [0.5, 0.6) is 0 Å². The molecule has 0 radical (unpaired) electrons. The lowest BCUT2D eigenvalue weighted by molar-refractivity contribution is 0.159. The van der Waals surface area contributed by atoms with Gasteiger partial charge in [-0.05, 0) is 57.9 Å². The van der Waals surface area contributed by atoms with Crippen molar-refractivity contribution in [3.8, 4) is 0 Å². The number of hydrogen-bond donors (Lipinski definition) is 1. The van der Waals surface area contributed by atoms with Gasteiger partial charge in [-0.15, -0.1) is 0 Å². The van der Waals surface area contributed by atoms with Gasteiger partial charge >= 0.3 is 7.60 Å². The highest BCUT2D eigenvalue weighted by molar-refractivity contribution is 7.57. The average Bonchev–Trinajstić information content (AvgIpc) is 2.50. The van der Waals surface area contributed by atoms with Crippen LogP contribution in [-0.2, 0) is 13.6 Å². The van der Waals surface area contributed by atoms with Gasteiger partial charge in [0.1, 0.15) is 0 Å². The standard InChI is InChI=1S/C19H33O4P/c1-7-22-24(21,23-8-2)14-12-15(3)9-10-17-16(4)18(20)11-13-19(17,5)6/h9,12,14,18,20H,7-8,10-11,13H2,1-6H3. The lowest BCUT2D eigenvalue weighted by Crippen LogP contribution is -2.27. The van der Waals surface area contributed by atoms with E-state index in [9.17, 15) is 9.67 Å². The average molecular weight is 356 g/mol. The summed E-state index contributed by atoms with van der Waals surface area (Å²) in [5.41, 5.74) is 3.50. The third-order valence-corrected chi connectivity index (χ3v) is 6.35. The molecule has 0 aromatic rings. The van der Waals surface area contributed by atoms with Gasteiger partial charge < -0.3 is 14.2 Å². The summed E-state index contributed by atoms with van der Waals surface area (Å²) in [6, 6.07) is 0. The topological polar surface area (TPSA) is 55.8 Å². The molecule has 1 aliphatic rings. The molecule has 0 aliphatic heterocycles. The Morgan fingerprint density at radius 2 is 1.92 bits per heavy atom. The van der Waals surface area contributed by atoms with Crippen molar-refractivity contribution in [1.82, 2.24) is 0 Å². The molecule has 1 aliphatic carbocycles. The normalized spacial score (nSPS) is 22.5. The molecule has 0 aromatic heterocycles. The van der Waals surface area contributed by atoms with Crippen molar-refractivity contribution in [2.24, 2.45) is 5.41 Å². The fourth-order valence-electron chi connectivity index (χ4n) is 3.06. The quantitative estimate of drug-likeness (QED) is 0.349. The van der Waals surface area contributed by atoms with Gasteiger partial charge in [-0.1, -0.05) is 37.1 Å². The van der Waals surface area contributed by atoms with E-state index in [1.165, 1.54) is 11.4 Å². The van der Waals surface area contributed by atoms with Crippen LogP contribution in [0.2, 0.25) is 0 Å². The molecular weight excluding hydrogens is 323 g/mol. The summed E-state index contributed by atoms with van der Waals surface area (Å²) >= 11 is 0. The minimum Gasteiger partial charge on any atom is -0.389 e. The number of aliphatic hydroxyl groups is 1. The van der Waals surface area contributed by atoms with E-state index < -0.39 is 7.60 Å². The molecule has 24 heavy (non-hydrogen) atoms. The molecule has 0 amide bonds. The van der Waals surface area contributed by atoms with Gasteiger partial charge in [0.25, 0.3) is 0 Å². The first-order chi connectivity index (χ1) is 11.1. The Labute approximate surface area is 147 Å². The number of hydrogen-bond acceptors (Lipinski definition) is 4. The summed E-state index contributed by atoms with van der Waals surface area (Å²) in [6.07, 6.45) is 6.20. The second-order valence-electron chi connectivity index (χ2n) is 6.94. The van der Waals surface area contributed by atoms with E-state index in [4.69, 9.17) is 9.05 Å². The molecule has 0 aromatic carbocycles. The molecule has 0 spiro atoms. The Balaban J connectivity index is 2.88. The summed E-state index contributed by atoms with van der Waals surface area (Å²) in [6.45, 7) is 12.8. The van der Waals surface area contributed by atoms with Gasteiger partial charge in [0.05, 0.1) is 19.3 Å². The summed E-state index contributed by atoms with van der Waals surface area (Å²) < 4.78 is 22.9. The predicted octanol–water partition coefficient (Wildman–Crippen LogP) is 5.60. The van der Waals surface area contributed by atoms with Crippen LogP contribution in [0.3, 0.4) is 0 Å². The highest BCUT2D eigenvalue weighted by Gasteiger charge is 2.31. The van der Waals surface area contributed by atoms with Gasteiger partial charge in [0, 0.05) is 5.82 Å². The highest BCUT2D eigenvalue weighted by atomic mass is 31.2. The zero-order valence-corrected chi connectivity index (χ0v) is 16.9. The summed E-state index contributed by atoms with van der Waals surface area (Å²) in [7, 11) is -3.15. The molecule has 0 saturated heterocycles. The number of rotatable bonds is 8. The summed E-state index contributed by atoms with van der Waals surface area (Å²) in [5.74, 6) is 1.54. The minimum atomic E-state index is -3.15. The van der Waals surface area contributed by atoms with Crippen LogP contribution < -0.4 is 0 Å². The van der Waals surface area contributed by atoms with E-state index in [-0.39, 0.29) is 11.5 Å². The molecule has 5 heteroatoms. The molecule has 1 N–H and O–H groups in total. The third kappa shape index (κ3) is 6.00. The fraction of sp³-hybridized carbons (Fsp3) is 0.684. The third-order valence-electron chi connectivity index (χ3n) is 4.60. The monoisotopic (exact) mass is 356 g/mol. The summed E-state index contributed by atoms with van der Waals surface area (Å²) in [5, 5.41) is 10.1. The molecule has 0 heterocycles. The smallest absolute Gasteiger partial charge is 0.354 e. The predicted molar refractivity (Wildman–Crippen MR) is 100 cm³/mol. The Morgan fingerprint density at radius 1 is 1.33 bits per heavy atom. The molecule has 1 atom stereocenters. The largest absolute Gasteiger partial charge is 0.389 e. The van der Waals surface area contributed by atoms with Crippen LogP contribution in [0, 0.1) is 5.41 Å². The van der Waals surface area contributed by atoms with Gasteiger partial charge in [-0.2, -0.15) is 0 Å². The molecule has 0 fully saturated rings. The van der Waals surface area contributed by atoms with Crippen LogP contribution in [-0.4, -0.2) is 24.4 Å². The Kier molecular flexibility index (Phi) is 8.14. The molecule has 1 unspecified atom stereocenters. The van der Waals surface area contributed by atoms with Crippen molar-refractivity contribution in [2.45, 2.75) is 66.9 Å². The molecule has 0 saturated carbocycles. The van der Waals surface area contributed by atoms with Crippen LogP contribution in [0.25, 0.3) is 0 Å². The first-order valence-electron chi connectivity index (χ1n) is 8.78. The van der Waals surface area contributed by atoms with Gasteiger partial charge in [0.15, 0.2) is 0 Å². The second kappa shape index (κ2) is 9.15. The number of allylic oxidation sites excluding steroid dienone is 4. The van der Waals surface area contributed by atoms with Crippen molar-refractivity contribution in [3.63, 3.8) is 0 Å². The first-order valence-corrected chi connectivity index (χ1v) is 10.4.